The summed E-state index contributed by atoms with van der Waals surface area (Å²) in [5.74, 6) is 0.450. The van der Waals surface area contributed by atoms with Crippen LogP contribution in [-0.4, -0.2) is 51.8 Å². The highest BCUT2D eigenvalue weighted by molar-refractivity contribution is 5.99. The molecule has 148 valence electrons. The Kier molecular flexibility index (Phi) is 6.08. The first-order chi connectivity index (χ1) is 13.5. The number of benzene rings is 1. The molecule has 1 aromatic carbocycles. The van der Waals surface area contributed by atoms with Gasteiger partial charge in [-0.2, -0.15) is 0 Å². The third-order valence-corrected chi connectivity index (χ3v) is 4.78. The number of carbonyl (C=O) groups is 3. The number of rotatable bonds is 6. The minimum atomic E-state index is -0.212. The maximum atomic E-state index is 12.7. The van der Waals surface area contributed by atoms with Gasteiger partial charge in [-0.3, -0.25) is 14.4 Å². The van der Waals surface area contributed by atoms with E-state index in [9.17, 15) is 14.4 Å². The SMILES string of the molecule is CCc1nccn1CCC(=O)Nc1cc(C(=O)N2CCNC(=O)C2)ccc1C. The van der Waals surface area contributed by atoms with Gasteiger partial charge in [-0.05, 0) is 24.6 Å². The number of aromatic nitrogens is 2. The summed E-state index contributed by atoms with van der Waals surface area (Å²) < 4.78 is 1.97. The Hall–Kier alpha value is -3.16. The van der Waals surface area contributed by atoms with Gasteiger partial charge in [0, 0.05) is 56.1 Å². The summed E-state index contributed by atoms with van der Waals surface area (Å²) in [7, 11) is 0. The lowest BCUT2D eigenvalue weighted by Gasteiger charge is -2.27. The van der Waals surface area contributed by atoms with E-state index in [1.165, 1.54) is 4.90 Å². The minimum Gasteiger partial charge on any atom is -0.353 e. The lowest BCUT2D eigenvalue weighted by molar-refractivity contribution is -0.123. The highest BCUT2D eigenvalue weighted by atomic mass is 16.2. The molecule has 1 fully saturated rings. The van der Waals surface area contributed by atoms with Gasteiger partial charge in [0.05, 0.1) is 6.54 Å². The van der Waals surface area contributed by atoms with E-state index < -0.39 is 0 Å². The molecule has 2 aromatic rings. The monoisotopic (exact) mass is 383 g/mol. The number of nitrogens with one attached hydrogen (secondary N) is 2. The zero-order chi connectivity index (χ0) is 20.1. The minimum absolute atomic E-state index is 0.0546. The van der Waals surface area contributed by atoms with Crippen molar-refractivity contribution in [3.8, 4) is 0 Å². The molecule has 1 aromatic heterocycles. The lowest BCUT2D eigenvalue weighted by Crippen LogP contribution is -2.49. The van der Waals surface area contributed by atoms with Gasteiger partial charge < -0.3 is 20.1 Å². The molecule has 1 saturated heterocycles. The van der Waals surface area contributed by atoms with E-state index in [0.717, 1.165) is 17.8 Å². The third kappa shape index (κ3) is 4.57. The molecular weight excluding hydrogens is 358 g/mol. The van der Waals surface area contributed by atoms with E-state index in [2.05, 4.69) is 15.6 Å². The standard InChI is InChI=1S/C20H25N5O3/c1-3-17-21-7-10-24(17)9-6-18(26)23-16-12-15(5-4-14(16)2)20(28)25-11-8-22-19(27)13-25/h4-5,7,10,12H,3,6,8-9,11,13H2,1-2H3,(H,22,27)(H,23,26). The van der Waals surface area contributed by atoms with Crippen LogP contribution in [0.3, 0.4) is 0 Å². The van der Waals surface area contributed by atoms with Gasteiger partial charge in [-0.15, -0.1) is 0 Å². The molecule has 0 spiro atoms. The van der Waals surface area contributed by atoms with Crippen LogP contribution in [0.4, 0.5) is 5.69 Å². The zero-order valence-corrected chi connectivity index (χ0v) is 16.2. The summed E-state index contributed by atoms with van der Waals surface area (Å²) in [6, 6.07) is 5.20. The number of hydrogen-bond acceptors (Lipinski definition) is 4. The van der Waals surface area contributed by atoms with E-state index in [-0.39, 0.29) is 24.3 Å². The number of amides is 3. The number of imidazole rings is 1. The molecule has 0 radical (unpaired) electrons. The second-order valence-corrected chi connectivity index (χ2v) is 6.79. The normalized spacial score (nSPS) is 13.9. The largest absolute Gasteiger partial charge is 0.353 e. The summed E-state index contributed by atoms with van der Waals surface area (Å²) in [5, 5.41) is 5.60. The third-order valence-electron chi connectivity index (χ3n) is 4.78. The van der Waals surface area contributed by atoms with Gasteiger partial charge in [-0.25, -0.2) is 4.98 Å². The van der Waals surface area contributed by atoms with E-state index in [1.807, 2.05) is 24.6 Å². The molecule has 8 nitrogen and oxygen atoms in total. The first kappa shape index (κ1) is 19.6. The maximum Gasteiger partial charge on any atom is 0.254 e. The number of nitrogens with zero attached hydrogens (tertiary/aromatic N) is 3. The quantitative estimate of drug-likeness (QED) is 0.787. The van der Waals surface area contributed by atoms with Crippen LogP contribution in [0, 0.1) is 6.92 Å². The number of anilines is 1. The molecule has 0 bridgehead atoms. The van der Waals surface area contributed by atoms with Gasteiger partial charge in [0.15, 0.2) is 0 Å². The first-order valence-electron chi connectivity index (χ1n) is 9.44. The molecule has 0 unspecified atom stereocenters. The van der Waals surface area contributed by atoms with E-state index in [1.54, 1.807) is 24.4 Å². The predicted octanol–water partition coefficient (Wildman–Crippen LogP) is 1.35. The van der Waals surface area contributed by atoms with Crippen molar-refractivity contribution in [3.63, 3.8) is 0 Å². The van der Waals surface area contributed by atoms with Crippen molar-refractivity contribution < 1.29 is 14.4 Å². The Labute approximate surface area is 163 Å². The van der Waals surface area contributed by atoms with Crippen LogP contribution in [0.25, 0.3) is 0 Å². The van der Waals surface area contributed by atoms with Crippen LogP contribution in [0.2, 0.25) is 0 Å². The number of aryl methyl sites for hydroxylation is 3. The van der Waals surface area contributed by atoms with Crippen LogP contribution in [0.5, 0.6) is 0 Å². The number of hydrogen-bond donors (Lipinski definition) is 2. The maximum absolute atomic E-state index is 12.7. The number of piperazine rings is 1. The molecular formula is C20H25N5O3. The summed E-state index contributed by atoms with van der Waals surface area (Å²) in [6.45, 7) is 5.44. The van der Waals surface area contributed by atoms with Crippen LogP contribution < -0.4 is 10.6 Å². The van der Waals surface area contributed by atoms with Crippen molar-refractivity contribution in [1.29, 1.82) is 0 Å². The van der Waals surface area contributed by atoms with Crippen LogP contribution in [0.15, 0.2) is 30.6 Å². The van der Waals surface area contributed by atoms with Crippen LogP contribution in [0.1, 0.15) is 35.1 Å². The molecule has 0 saturated carbocycles. The zero-order valence-electron chi connectivity index (χ0n) is 16.2. The van der Waals surface area contributed by atoms with E-state index in [4.69, 9.17) is 0 Å². The van der Waals surface area contributed by atoms with Crippen molar-refractivity contribution >= 4 is 23.4 Å². The first-order valence-corrected chi connectivity index (χ1v) is 9.44. The van der Waals surface area contributed by atoms with Crippen molar-refractivity contribution in [1.82, 2.24) is 19.8 Å². The smallest absolute Gasteiger partial charge is 0.254 e. The van der Waals surface area contributed by atoms with Crippen molar-refractivity contribution in [2.45, 2.75) is 33.2 Å². The lowest BCUT2D eigenvalue weighted by atomic mass is 10.1. The summed E-state index contributed by atoms with van der Waals surface area (Å²) in [4.78, 5) is 42.4. The highest BCUT2D eigenvalue weighted by Gasteiger charge is 2.22. The Bertz CT molecular complexity index is 890. The summed E-state index contributed by atoms with van der Waals surface area (Å²) in [6.07, 6.45) is 4.72. The fourth-order valence-electron chi connectivity index (χ4n) is 3.18. The summed E-state index contributed by atoms with van der Waals surface area (Å²) >= 11 is 0. The average molecular weight is 383 g/mol. The topological polar surface area (TPSA) is 96.3 Å². The number of carbonyl (C=O) groups excluding carboxylic acids is 3. The second kappa shape index (κ2) is 8.69. The van der Waals surface area contributed by atoms with Crippen molar-refractivity contribution in [3.05, 3.63) is 47.5 Å². The van der Waals surface area contributed by atoms with Gasteiger partial charge in [0.1, 0.15) is 5.82 Å². The van der Waals surface area contributed by atoms with Gasteiger partial charge in [0.25, 0.3) is 5.91 Å². The van der Waals surface area contributed by atoms with E-state index in [0.29, 0.717) is 37.3 Å². The second-order valence-electron chi connectivity index (χ2n) is 6.79. The molecule has 0 atom stereocenters. The average Bonchev–Trinajstić information content (AvgIpc) is 3.15. The van der Waals surface area contributed by atoms with Gasteiger partial charge in [-0.1, -0.05) is 13.0 Å². The molecule has 3 rings (SSSR count). The Morgan fingerprint density at radius 2 is 2.14 bits per heavy atom. The fraction of sp³-hybridized carbons (Fsp3) is 0.400. The molecule has 8 heteroatoms. The van der Waals surface area contributed by atoms with E-state index >= 15 is 0 Å². The van der Waals surface area contributed by atoms with Crippen LogP contribution in [-0.2, 0) is 22.6 Å². The highest BCUT2D eigenvalue weighted by Crippen LogP contribution is 2.19. The predicted molar refractivity (Wildman–Crippen MR) is 105 cm³/mol. The molecule has 1 aliphatic heterocycles. The molecule has 2 N–H and O–H groups in total. The Balaban J connectivity index is 1.65. The van der Waals surface area contributed by atoms with Crippen molar-refractivity contribution in [2.24, 2.45) is 0 Å². The molecule has 3 amide bonds. The fourth-order valence-corrected chi connectivity index (χ4v) is 3.18. The molecule has 0 aliphatic carbocycles. The molecule has 28 heavy (non-hydrogen) atoms. The molecule has 1 aliphatic rings. The van der Waals surface area contributed by atoms with Crippen molar-refractivity contribution in [2.75, 3.05) is 25.0 Å². The van der Waals surface area contributed by atoms with Gasteiger partial charge >= 0.3 is 0 Å². The Morgan fingerprint density at radius 1 is 1.32 bits per heavy atom. The molecule has 2 heterocycles. The van der Waals surface area contributed by atoms with Gasteiger partial charge in [0.2, 0.25) is 11.8 Å². The Morgan fingerprint density at radius 3 is 2.89 bits per heavy atom. The summed E-state index contributed by atoms with van der Waals surface area (Å²) in [5.41, 5.74) is 1.94. The van der Waals surface area contributed by atoms with Crippen LogP contribution >= 0.6 is 0 Å².